The quantitative estimate of drug-likeness (QED) is 0.0412. The molecule has 0 aliphatic heterocycles. The first kappa shape index (κ1) is 47.5. The van der Waals surface area contributed by atoms with Gasteiger partial charge in [-0.2, -0.15) is 15.2 Å². The highest BCUT2D eigenvalue weighted by molar-refractivity contribution is 6.30. The van der Waals surface area contributed by atoms with Gasteiger partial charge in [-0.15, -0.1) is 0 Å². The van der Waals surface area contributed by atoms with E-state index >= 15 is 0 Å². The summed E-state index contributed by atoms with van der Waals surface area (Å²) in [7, 11) is 0. The van der Waals surface area contributed by atoms with Crippen molar-refractivity contribution in [2.45, 2.75) is 66.1 Å². The number of amidine groups is 1. The molecular weight excluding hydrogens is 879 g/mol. The lowest BCUT2D eigenvalue weighted by Crippen LogP contribution is -2.45. The van der Waals surface area contributed by atoms with Crippen LogP contribution in [-0.2, 0) is 26.2 Å². The number of ether oxygens (including phenoxy) is 2. The van der Waals surface area contributed by atoms with E-state index in [0.29, 0.717) is 21.2 Å². The van der Waals surface area contributed by atoms with Crippen molar-refractivity contribution in [3.05, 3.63) is 160 Å². The van der Waals surface area contributed by atoms with Crippen LogP contribution in [0.5, 0.6) is 11.5 Å². The molecule has 0 spiro atoms. The number of oxime groups is 1. The summed E-state index contributed by atoms with van der Waals surface area (Å²) in [5.41, 5.74) is 4.08. The van der Waals surface area contributed by atoms with Crippen LogP contribution in [0.3, 0.4) is 0 Å². The first-order chi connectivity index (χ1) is 30.5. The molecule has 0 aliphatic carbocycles. The molecule has 0 aliphatic rings. The second-order valence-electron chi connectivity index (χ2n) is 14.2. The average Bonchev–Trinajstić information content (AvgIpc) is 3.24. The van der Waals surface area contributed by atoms with Gasteiger partial charge in [0.2, 0.25) is 11.9 Å². The van der Waals surface area contributed by atoms with Gasteiger partial charge in [0.15, 0.2) is 29.0 Å². The standard InChI is InChI=1S/C21H22ClFN6O4.C21H19ClFN5O3/c1-12(2)33-17-8-7-15(9-16(17)23)25-19-26-20(30)29(11-18(24)27-32)21(31)28(19)10-13-3-5-14(22)6-4-13;1-13(2)31-18-8-7-16(11-17(18)23)25-19-26-20(29)27(10-9-24)21(30)28(19)12-14-3-5-15(22)6-4-14/h3-9,12,32H,10-11H2,1-2H3,(H2,24,27)(H,25,26,30);3-8,11,13H,10,12H2,1-2H3,(H,25,26,29). The van der Waals surface area contributed by atoms with Gasteiger partial charge in [-0.3, -0.25) is 9.13 Å². The minimum Gasteiger partial charge on any atom is -0.488 e. The Bertz CT molecular complexity index is 2930. The van der Waals surface area contributed by atoms with E-state index in [9.17, 15) is 28.0 Å². The normalized spacial score (nSPS) is 11.2. The monoisotopic (exact) mass is 919 g/mol. The number of rotatable bonds is 15. The Kier molecular flexibility index (Phi) is 16.0. The molecule has 2 aromatic heterocycles. The number of halogens is 4. The van der Waals surface area contributed by atoms with E-state index in [0.717, 1.165) is 9.13 Å². The fourth-order valence-electron chi connectivity index (χ4n) is 5.73. The Morgan fingerprint density at radius 1 is 0.719 bits per heavy atom. The second kappa shape index (κ2) is 21.5. The van der Waals surface area contributed by atoms with Crippen LogP contribution in [0.25, 0.3) is 0 Å². The first-order valence-electron chi connectivity index (χ1n) is 19.2. The topological polar surface area (TPSA) is 239 Å². The zero-order valence-electron chi connectivity index (χ0n) is 34.6. The SMILES string of the molecule is CC(C)Oc1ccc(Nc2nc(=O)n(C/C(N)=N/O)c(=O)n2Cc2ccc(Cl)cc2)cc1F.CC(C)Oc1ccc(Nc2nc(=O)n(CC#N)c(=O)n2Cc2ccc(Cl)cc2)cc1F. The van der Waals surface area contributed by atoms with Crippen molar-refractivity contribution in [1.82, 2.24) is 28.2 Å². The molecule has 0 saturated heterocycles. The molecule has 5 N–H and O–H groups in total. The third-order valence-corrected chi connectivity index (χ3v) is 9.09. The van der Waals surface area contributed by atoms with Crippen LogP contribution in [-0.4, -0.2) is 51.5 Å². The molecule has 2 heterocycles. The Morgan fingerprint density at radius 2 is 1.12 bits per heavy atom. The Hall–Kier alpha value is -7.50. The zero-order chi connectivity index (χ0) is 46.7. The molecule has 18 nitrogen and oxygen atoms in total. The minimum absolute atomic E-state index is 0.0127. The van der Waals surface area contributed by atoms with Gasteiger partial charge in [-0.25, -0.2) is 37.1 Å². The van der Waals surface area contributed by atoms with Crippen LogP contribution in [0.4, 0.5) is 32.1 Å². The molecule has 6 aromatic rings. The van der Waals surface area contributed by atoms with Crippen molar-refractivity contribution in [2.75, 3.05) is 10.6 Å². The maximum atomic E-state index is 14.4. The number of hydrogen-bond donors (Lipinski definition) is 4. The van der Waals surface area contributed by atoms with Crippen LogP contribution >= 0.6 is 23.2 Å². The van der Waals surface area contributed by atoms with Crippen LogP contribution in [0, 0.1) is 23.0 Å². The lowest BCUT2D eigenvalue weighted by molar-refractivity contribution is 0.231. The van der Waals surface area contributed by atoms with E-state index < -0.39 is 47.5 Å². The molecular formula is C42H41Cl2F2N11O7. The molecule has 334 valence electrons. The van der Waals surface area contributed by atoms with Crippen LogP contribution in [0.1, 0.15) is 38.8 Å². The Labute approximate surface area is 373 Å². The zero-order valence-corrected chi connectivity index (χ0v) is 36.1. The van der Waals surface area contributed by atoms with Gasteiger partial charge in [0.25, 0.3) is 0 Å². The molecule has 6 rings (SSSR count). The van der Waals surface area contributed by atoms with Gasteiger partial charge in [0.1, 0.15) is 6.54 Å². The van der Waals surface area contributed by atoms with Crippen molar-refractivity contribution < 1.29 is 23.5 Å². The number of nitrogens with one attached hydrogen (secondary N) is 2. The fraction of sp³-hybridized carbons (Fsp3) is 0.238. The predicted octanol–water partition coefficient (Wildman–Crippen LogP) is 5.82. The molecule has 0 saturated carbocycles. The third kappa shape index (κ3) is 12.5. The molecule has 64 heavy (non-hydrogen) atoms. The summed E-state index contributed by atoms with van der Waals surface area (Å²) in [6.45, 7) is 6.26. The van der Waals surface area contributed by atoms with Crippen LogP contribution in [0.15, 0.2) is 109 Å². The number of anilines is 4. The highest BCUT2D eigenvalue weighted by atomic mass is 35.5. The Balaban J connectivity index is 0.000000241. The number of aromatic nitrogens is 6. The molecule has 0 atom stereocenters. The molecule has 0 radical (unpaired) electrons. The molecule has 4 aromatic carbocycles. The third-order valence-electron chi connectivity index (χ3n) is 8.59. The summed E-state index contributed by atoms with van der Waals surface area (Å²) in [6.07, 6.45) is -0.417. The maximum Gasteiger partial charge on any atom is 0.355 e. The highest BCUT2D eigenvalue weighted by Crippen LogP contribution is 2.25. The first-order valence-corrected chi connectivity index (χ1v) is 19.9. The van der Waals surface area contributed by atoms with Crippen molar-refractivity contribution in [2.24, 2.45) is 10.9 Å². The average molecular weight is 921 g/mol. The van der Waals surface area contributed by atoms with E-state index in [1.807, 2.05) is 0 Å². The summed E-state index contributed by atoms with van der Waals surface area (Å²) in [5, 5.41) is 27.2. The van der Waals surface area contributed by atoms with Gasteiger partial charge >= 0.3 is 22.8 Å². The van der Waals surface area contributed by atoms with Crippen LogP contribution < -0.4 is 48.6 Å². The smallest absolute Gasteiger partial charge is 0.355 e. The van der Waals surface area contributed by atoms with Crippen molar-refractivity contribution in [3.8, 4) is 17.6 Å². The molecule has 22 heteroatoms. The highest BCUT2D eigenvalue weighted by Gasteiger charge is 2.18. The number of nitrogens with zero attached hydrogens (tertiary/aromatic N) is 8. The number of nitriles is 1. The number of nitrogens with two attached hydrogens (primary N) is 1. The lowest BCUT2D eigenvalue weighted by Gasteiger charge is -2.16. The van der Waals surface area contributed by atoms with Gasteiger partial charge < -0.3 is 31.0 Å². The summed E-state index contributed by atoms with van der Waals surface area (Å²) < 4.78 is 43.3. The largest absolute Gasteiger partial charge is 0.488 e. The van der Waals surface area contributed by atoms with Crippen molar-refractivity contribution in [1.29, 1.82) is 5.26 Å². The van der Waals surface area contributed by atoms with E-state index in [1.165, 1.54) is 39.5 Å². The number of benzene rings is 4. The van der Waals surface area contributed by atoms with E-state index in [2.05, 4.69) is 25.8 Å². The predicted molar refractivity (Wildman–Crippen MR) is 237 cm³/mol. The van der Waals surface area contributed by atoms with E-state index in [1.54, 1.807) is 88.4 Å². The fourth-order valence-corrected chi connectivity index (χ4v) is 5.98. The van der Waals surface area contributed by atoms with E-state index in [-0.39, 0.29) is 65.9 Å². The molecule has 0 fully saturated rings. The molecule has 0 bridgehead atoms. The van der Waals surface area contributed by atoms with Crippen molar-refractivity contribution in [3.63, 3.8) is 0 Å². The van der Waals surface area contributed by atoms with Gasteiger partial charge in [-0.1, -0.05) is 52.6 Å². The van der Waals surface area contributed by atoms with Crippen molar-refractivity contribution >= 4 is 52.3 Å². The summed E-state index contributed by atoms with van der Waals surface area (Å²) in [6, 6.07) is 23.5. The second-order valence-corrected chi connectivity index (χ2v) is 15.1. The van der Waals surface area contributed by atoms with Crippen LogP contribution in [0.2, 0.25) is 10.0 Å². The summed E-state index contributed by atoms with van der Waals surface area (Å²) >= 11 is 11.8. The summed E-state index contributed by atoms with van der Waals surface area (Å²) in [4.78, 5) is 58.5. The lowest BCUT2D eigenvalue weighted by atomic mass is 10.2. The van der Waals surface area contributed by atoms with Gasteiger partial charge in [0.05, 0.1) is 37.9 Å². The molecule has 0 amide bonds. The summed E-state index contributed by atoms with van der Waals surface area (Å²) in [5.74, 6) is -1.64. The minimum atomic E-state index is -0.929. The van der Waals surface area contributed by atoms with Gasteiger partial charge in [-0.05, 0) is 87.4 Å². The number of hydrogen-bond acceptors (Lipinski definition) is 13. The van der Waals surface area contributed by atoms with Gasteiger partial charge in [0, 0.05) is 33.6 Å². The Morgan fingerprint density at radius 3 is 1.50 bits per heavy atom. The maximum absolute atomic E-state index is 14.4. The molecule has 0 unspecified atom stereocenters. The van der Waals surface area contributed by atoms with E-state index in [4.69, 9.17) is 48.9 Å².